The molecule has 3 rings (SSSR count). The first-order valence-electron chi connectivity index (χ1n) is 8.21. The van der Waals surface area contributed by atoms with Gasteiger partial charge in [-0.15, -0.1) is 0 Å². The fourth-order valence-electron chi connectivity index (χ4n) is 2.43. The molecule has 1 aromatic heterocycles. The van der Waals surface area contributed by atoms with Crippen LogP contribution in [0.2, 0.25) is 5.02 Å². The molecule has 0 fully saturated rings. The van der Waals surface area contributed by atoms with E-state index in [1.807, 2.05) is 0 Å². The second-order valence-electron chi connectivity index (χ2n) is 5.99. The van der Waals surface area contributed by atoms with E-state index < -0.39 is 0 Å². The van der Waals surface area contributed by atoms with E-state index >= 15 is 0 Å². The molecule has 0 aliphatic rings. The van der Waals surface area contributed by atoms with E-state index in [1.54, 1.807) is 37.3 Å². The quantitative estimate of drug-likeness (QED) is 0.691. The van der Waals surface area contributed by atoms with Crippen molar-refractivity contribution in [1.29, 1.82) is 0 Å². The number of hydrogen-bond donors (Lipinski definition) is 2. The summed E-state index contributed by atoms with van der Waals surface area (Å²) in [5.74, 6) is 0.820. The summed E-state index contributed by atoms with van der Waals surface area (Å²) in [4.78, 5) is 21.0. The number of rotatable bonds is 5. The Morgan fingerprint density at radius 3 is 2.54 bits per heavy atom. The van der Waals surface area contributed by atoms with E-state index in [-0.39, 0.29) is 5.91 Å². The van der Waals surface area contributed by atoms with Crippen LogP contribution < -0.4 is 10.6 Å². The third-order valence-electron chi connectivity index (χ3n) is 3.75. The summed E-state index contributed by atoms with van der Waals surface area (Å²) in [5, 5.41) is 6.59. The number of hydrogen-bond acceptors (Lipinski definition) is 4. The van der Waals surface area contributed by atoms with Crippen LogP contribution in [0, 0.1) is 13.8 Å². The highest BCUT2D eigenvalue weighted by Gasteiger charge is 2.11. The van der Waals surface area contributed by atoms with Crippen LogP contribution in [0.4, 0.5) is 11.5 Å². The molecule has 6 heteroatoms. The number of aromatic nitrogens is 2. The van der Waals surface area contributed by atoms with Crippen LogP contribution >= 0.6 is 11.6 Å². The Balaban J connectivity index is 1.72. The third-order valence-corrected chi connectivity index (χ3v) is 3.98. The van der Waals surface area contributed by atoms with Gasteiger partial charge in [0.2, 0.25) is 0 Å². The number of aryl methyl sites for hydroxylation is 2. The maximum Gasteiger partial charge on any atom is 0.274 e. The Labute approximate surface area is 157 Å². The lowest BCUT2D eigenvalue weighted by Gasteiger charge is -2.10. The summed E-state index contributed by atoms with van der Waals surface area (Å²) in [6, 6.07) is 16.9. The molecule has 26 heavy (non-hydrogen) atoms. The molecule has 0 atom stereocenters. The second kappa shape index (κ2) is 7.97. The van der Waals surface area contributed by atoms with Gasteiger partial charge in [0.15, 0.2) is 0 Å². The fourth-order valence-corrected chi connectivity index (χ4v) is 2.62. The minimum Gasteiger partial charge on any atom is -0.366 e. The predicted octanol–water partition coefficient (Wildman–Crippen LogP) is 4.61. The van der Waals surface area contributed by atoms with Crippen LogP contribution in [0.1, 0.15) is 27.4 Å². The first kappa shape index (κ1) is 17.9. The van der Waals surface area contributed by atoms with Crippen LogP contribution in [-0.2, 0) is 6.54 Å². The van der Waals surface area contributed by atoms with Gasteiger partial charge in [-0.3, -0.25) is 4.79 Å². The van der Waals surface area contributed by atoms with E-state index in [4.69, 9.17) is 11.6 Å². The third kappa shape index (κ3) is 4.80. The first-order chi connectivity index (χ1) is 12.5. The lowest BCUT2D eigenvalue weighted by molar-refractivity contribution is 0.102. The Kier molecular flexibility index (Phi) is 5.49. The second-order valence-corrected chi connectivity index (χ2v) is 6.43. The largest absolute Gasteiger partial charge is 0.366 e. The van der Waals surface area contributed by atoms with Crippen molar-refractivity contribution in [3.05, 3.63) is 82.3 Å². The predicted molar refractivity (Wildman–Crippen MR) is 105 cm³/mol. The standard InChI is InChI=1S/C20H19ClN4O/c1-13-6-8-15(9-7-13)12-22-19-11-18(23-14(2)24-19)20(26)25-17-5-3-4-16(21)10-17/h3-11H,12H2,1-2H3,(H,25,26)(H,22,23,24). The highest BCUT2D eigenvalue weighted by molar-refractivity contribution is 6.30. The van der Waals surface area contributed by atoms with Crippen molar-refractivity contribution >= 4 is 29.0 Å². The minimum atomic E-state index is -0.309. The fraction of sp³-hybridized carbons (Fsp3) is 0.150. The van der Waals surface area contributed by atoms with Gasteiger partial charge in [-0.05, 0) is 37.6 Å². The summed E-state index contributed by atoms with van der Waals surface area (Å²) in [6.45, 7) is 4.43. The highest BCUT2D eigenvalue weighted by atomic mass is 35.5. The Morgan fingerprint density at radius 1 is 1.04 bits per heavy atom. The number of nitrogens with zero attached hydrogens (tertiary/aromatic N) is 2. The van der Waals surface area contributed by atoms with E-state index in [9.17, 15) is 4.79 Å². The van der Waals surface area contributed by atoms with Gasteiger partial charge in [-0.1, -0.05) is 47.5 Å². The average Bonchev–Trinajstić information content (AvgIpc) is 2.61. The molecule has 0 aliphatic carbocycles. The normalized spacial score (nSPS) is 10.4. The summed E-state index contributed by atoms with van der Waals surface area (Å²) in [5.41, 5.74) is 3.26. The molecule has 3 aromatic rings. The zero-order chi connectivity index (χ0) is 18.5. The molecule has 0 saturated carbocycles. The van der Waals surface area contributed by atoms with Crippen molar-refractivity contribution in [2.75, 3.05) is 10.6 Å². The zero-order valence-electron chi connectivity index (χ0n) is 14.6. The van der Waals surface area contributed by atoms with Crippen molar-refractivity contribution in [3.63, 3.8) is 0 Å². The van der Waals surface area contributed by atoms with Crippen molar-refractivity contribution in [2.24, 2.45) is 0 Å². The van der Waals surface area contributed by atoms with Crippen molar-refractivity contribution in [2.45, 2.75) is 20.4 Å². The number of anilines is 2. The summed E-state index contributed by atoms with van der Waals surface area (Å²) in [6.07, 6.45) is 0. The number of nitrogens with one attached hydrogen (secondary N) is 2. The van der Waals surface area contributed by atoms with Crippen LogP contribution in [0.3, 0.4) is 0 Å². The molecule has 0 spiro atoms. The van der Waals surface area contributed by atoms with Crippen LogP contribution in [-0.4, -0.2) is 15.9 Å². The number of benzene rings is 2. The molecule has 0 saturated heterocycles. The molecule has 0 bridgehead atoms. The lowest BCUT2D eigenvalue weighted by atomic mass is 10.1. The van der Waals surface area contributed by atoms with E-state index in [1.165, 1.54) is 5.56 Å². The molecular weight excluding hydrogens is 348 g/mol. The van der Waals surface area contributed by atoms with Crippen molar-refractivity contribution in [1.82, 2.24) is 9.97 Å². The molecule has 0 unspecified atom stereocenters. The van der Waals surface area contributed by atoms with E-state index in [2.05, 4.69) is 51.8 Å². The van der Waals surface area contributed by atoms with Gasteiger partial charge in [0.05, 0.1) is 0 Å². The Bertz CT molecular complexity index is 925. The maximum atomic E-state index is 12.5. The number of halogens is 1. The molecule has 1 amide bonds. The van der Waals surface area contributed by atoms with Gasteiger partial charge in [0.1, 0.15) is 17.3 Å². The van der Waals surface area contributed by atoms with Crippen LogP contribution in [0.25, 0.3) is 0 Å². The topological polar surface area (TPSA) is 66.9 Å². The maximum absolute atomic E-state index is 12.5. The SMILES string of the molecule is Cc1ccc(CNc2cc(C(=O)Nc3cccc(Cl)c3)nc(C)n2)cc1. The minimum absolute atomic E-state index is 0.295. The molecule has 2 N–H and O–H groups in total. The van der Waals surface area contributed by atoms with Gasteiger partial charge in [-0.25, -0.2) is 9.97 Å². The first-order valence-corrected chi connectivity index (χ1v) is 8.59. The number of carbonyl (C=O) groups is 1. The molecule has 5 nitrogen and oxygen atoms in total. The van der Waals surface area contributed by atoms with Gasteiger partial charge in [0.25, 0.3) is 5.91 Å². The lowest BCUT2D eigenvalue weighted by Crippen LogP contribution is -2.15. The van der Waals surface area contributed by atoms with Gasteiger partial charge >= 0.3 is 0 Å². The molecule has 0 radical (unpaired) electrons. The summed E-state index contributed by atoms with van der Waals surface area (Å²) in [7, 11) is 0. The zero-order valence-corrected chi connectivity index (χ0v) is 15.3. The highest BCUT2D eigenvalue weighted by Crippen LogP contribution is 2.16. The average molecular weight is 367 g/mol. The number of carbonyl (C=O) groups excluding carboxylic acids is 1. The van der Waals surface area contributed by atoms with Crippen molar-refractivity contribution in [3.8, 4) is 0 Å². The molecule has 132 valence electrons. The van der Waals surface area contributed by atoms with Crippen LogP contribution in [0.5, 0.6) is 0 Å². The van der Waals surface area contributed by atoms with Gasteiger partial charge in [0, 0.05) is 23.3 Å². The molecule has 0 aliphatic heterocycles. The summed E-state index contributed by atoms with van der Waals surface area (Å²) < 4.78 is 0. The molecule has 2 aromatic carbocycles. The van der Waals surface area contributed by atoms with Gasteiger partial charge in [-0.2, -0.15) is 0 Å². The van der Waals surface area contributed by atoms with Crippen molar-refractivity contribution < 1.29 is 4.79 Å². The monoisotopic (exact) mass is 366 g/mol. The Morgan fingerprint density at radius 2 is 1.81 bits per heavy atom. The summed E-state index contributed by atoms with van der Waals surface area (Å²) >= 11 is 5.95. The smallest absolute Gasteiger partial charge is 0.274 e. The van der Waals surface area contributed by atoms with Gasteiger partial charge < -0.3 is 10.6 Å². The van der Waals surface area contributed by atoms with Crippen LogP contribution in [0.15, 0.2) is 54.6 Å². The Hall–Kier alpha value is -2.92. The molecular formula is C20H19ClN4O. The van der Waals surface area contributed by atoms with E-state index in [0.29, 0.717) is 34.6 Å². The van der Waals surface area contributed by atoms with E-state index in [0.717, 1.165) is 5.56 Å². The number of amides is 1. The molecule has 1 heterocycles.